The van der Waals surface area contributed by atoms with Crippen molar-refractivity contribution in [2.75, 3.05) is 5.73 Å². The number of nitrogens with zero attached hydrogens (tertiary/aromatic N) is 3. The van der Waals surface area contributed by atoms with Gasteiger partial charge in [0.1, 0.15) is 5.82 Å². The van der Waals surface area contributed by atoms with Crippen LogP contribution < -0.4 is 5.73 Å². The molecule has 1 aromatic carbocycles. The number of rotatable bonds is 2. The summed E-state index contributed by atoms with van der Waals surface area (Å²) in [6, 6.07) is 7.19. The van der Waals surface area contributed by atoms with Crippen LogP contribution in [0.25, 0.3) is 0 Å². The van der Waals surface area contributed by atoms with Crippen LogP contribution in [0.15, 0.2) is 28.3 Å². The summed E-state index contributed by atoms with van der Waals surface area (Å²) >= 11 is 1.33. The highest BCUT2D eigenvalue weighted by Gasteiger charge is 2.07. The Morgan fingerprint density at radius 3 is 2.94 bits per heavy atom. The topological polar surface area (TPSA) is 91.4 Å². The van der Waals surface area contributed by atoms with E-state index in [2.05, 4.69) is 21.3 Å². The van der Waals surface area contributed by atoms with Crippen LogP contribution in [-0.2, 0) is 0 Å². The summed E-state index contributed by atoms with van der Waals surface area (Å²) < 4.78 is 0. The maximum Gasteiger partial charge on any atom is 0.213 e. The number of aromatic nitrogens is 3. The summed E-state index contributed by atoms with van der Waals surface area (Å²) in [7, 11) is 0. The zero-order valence-corrected chi connectivity index (χ0v) is 9.38. The van der Waals surface area contributed by atoms with Gasteiger partial charge in [-0.05, 0) is 36.9 Å². The first-order valence-electron chi connectivity index (χ1n) is 4.55. The Balaban J connectivity index is 2.30. The van der Waals surface area contributed by atoms with E-state index in [9.17, 15) is 0 Å². The molecule has 3 N–H and O–H groups in total. The molecule has 0 spiro atoms. The zero-order chi connectivity index (χ0) is 11.5. The molecular formula is C10H9N5S. The molecule has 6 heteroatoms. The average molecular weight is 231 g/mol. The number of aryl methyl sites for hydroxylation is 1. The molecule has 0 aliphatic carbocycles. The summed E-state index contributed by atoms with van der Waals surface area (Å²) in [6.07, 6.45) is 0. The number of benzene rings is 1. The molecule has 0 aliphatic heterocycles. The van der Waals surface area contributed by atoms with Crippen molar-refractivity contribution in [1.82, 2.24) is 15.2 Å². The van der Waals surface area contributed by atoms with Gasteiger partial charge in [0.25, 0.3) is 0 Å². The second kappa shape index (κ2) is 4.24. The summed E-state index contributed by atoms with van der Waals surface area (Å²) in [4.78, 5) is 4.95. The summed E-state index contributed by atoms with van der Waals surface area (Å²) in [5.41, 5.74) is 6.99. The third-order valence-electron chi connectivity index (χ3n) is 1.92. The van der Waals surface area contributed by atoms with Crippen LogP contribution in [0.5, 0.6) is 0 Å². The zero-order valence-electron chi connectivity index (χ0n) is 8.56. The molecule has 0 fully saturated rings. The number of nitrogens with two attached hydrogens (primary N) is 1. The molecule has 1 heterocycles. The summed E-state index contributed by atoms with van der Waals surface area (Å²) in [6.45, 7) is 1.83. The Kier molecular flexibility index (Phi) is 2.79. The number of hydrogen-bond acceptors (Lipinski definition) is 5. The van der Waals surface area contributed by atoms with Crippen LogP contribution in [0.1, 0.15) is 11.4 Å². The van der Waals surface area contributed by atoms with Crippen LogP contribution in [0.4, 0.5) is 5.69 Å². The van der Waals surface area contributed by atoms with Gasteiger partial charge in [-0.25, -0.2) is 4.98 Å². The SMILES string of the molecule is Cc1nc(Sc2cc(C#N)ccc2N)n[nH]1. The van der Waals surface area contributed by atoms with Crippen LogP contribution in [0.2, 0.25) is 0 Å². The monoisotopic (exact) mass is 231 g/mol. The maximum atomic E-state index is 8.79. The maximum absolute atomic E-state index is 8.79. The number of nitriles is 1. The molecule has 0 amide bonds. The molecular weight excluding hydrogens is 222 g/mol. The Hall–Kier alpha value is -2.00. The van der Waals surface area contributed by atoms with Gasteiger partial charge in [-0.3, -0.25) is 5.10 Å². The molecule has 0 unspecified atom stereocenters. The van der Waals surface area contributed by atoms with Gasteiger partial charge in [-0.15, -0.1) is 5.10 Å². The molecule has 0 saturated heterocycles. The lowest BCUT2D eigenvalue weighted by Gasteiger charge is -2.02. The Morgan fingerprint density at radius 2 is 2.31 bits per heavy atom. The Bertz CT molecular complexity index is 555. The fourth-order valence-corrected chi connectivity index (χ4v) is 2.00. The van der Waals surface area contributed by atoms with Crippen molar-refractivity contribution < 1.29 is 0 Å². The molecule has 0 saturated carbocycles. The van der Waals surface area contributed by atoms with Crippen molar-refractivity contribution in [2.45, 2.75) is 17.0 Å². The first-order chi connectivity index (χ1) is 7.69. The largest absolute Gasteiger partial charge is 0.398 e. The van der Waals surface area contributed by atoms with Gasteiger partial charge in [0.2, 0.25) is 5.16 Å². The number of hydrogen-bond donors (Lipinski definition) is 2. The fraction of sp³-hybridized carbons (Fsp3) is 0.100. The van der Waals surface area contributed by atoms with E-state index in [1.54, 1.807) is 18.2 Å². The molecule has 0 bridgehead atoms. The van der Waals surface area contributed by atoms with E-state index in [0.29, 0.717) is 16.4 Å². The highest BCUT2D eigenvalue weighted by atomic mass is 32.2. The van der Waals surface area contributed by atoms with Gasteiger partial charge in [-0.1, -0.05) is 0 Å². The third kappa shape index (κ3) is 2.15. The Morgan fingerprint density at radius 1 is 1.50 bits per heavy atom. The standard InChI is InChI=1S/C10H9N5S/c1-6-13-10(15-14-6)16-9-4-7(5-11)2-3-8(9)12/h2-4H,12H2,1H3,(H,13,14,15). The molecule has 2 aromatic rings. The smallest absolute Gasteiger partial charge is 0.213 e. The lowest BCUT2D eigenvalue weighted by molar-refractivity contribution is 0.969. The van der Waals surface area contributed by atoms with E-state index in [4.69, 9.17) is 11.0 Å². The fourth-order valence-electron chi connectivity index (χ4n) is 1.16. The Labute approximate surface area is 96.7 Å². The van der Waals surface area contributed by atoms with E-state index in [1.807, 2.05) is 6.92 Å². The van der Waals surface area contributed by atoms with Crippen molar-refractivity contribution >= 4 is 17.4 Å². The predicted molar refractivity (Wildman–Crippen MR) is 60.8 cm³/mol. The lowest BCUT2D eigenvalue weighted by atomic mass is 10.2. The third-order valence-corrected chi connectivity index (χ3v) is 2.86. The van der Waals surface area contributed by atoms with Crippen LogP contribution in [-0.4, -0.2) is 15.2 Å². The van der Waals surface area contributed by atoms with Crippen molar-refractivity contribution in [3.05, 3.63) is 29.6 Å². The molecule has 2 rings (SSSR count). The minimum absolute atomic E-state index is 0.573. The van der Waals surface area contributed by atoms with Crippen LogP contribution in [0.3, 0.4) is 0 Å². The van der Waals surface area contributed by atoms with Gasteiger partial charge < -0.3 is 5.73 Å². The minimum atomic E-state index is 0.573. The van der Waals surface area contributed by atoms with E-state index in [-0.39, 0.29) is 0 Å². The van der Waals surface area contributed by atoms with E-state index < -0.39 is 0 Å². The quantitative estimate of drug-likeness (QED) is 0.768. The van der Waals surface area contributed by atoms with Crippen molar-refractivity contribution in [3.8, 4) is 6.07 Å². The van der Waals surface area contributed by atoms with Gasteiger partial charge in [0.15, 0.2) is 0 Å². The van der Waals surface area contributed by atoms with E-state index in [1.165, 1.54) is 11.8 Å². The molecule has 16 heavy (non-hydrogen) atoms. The second-order valence-corrected chi connectivity index (χ2v) is 4.18. The first-order valence-corrected chi connectivity index (χ1v) is 5.37. The number of H-pyrrole nitrogens is 1. The van der Waals surface area contributed by atoms with Crippen LogP contribution in [0, 0.1) is 18.3 Å². The van der Waals surface area contributed by atoms with Gasteiger partial charge in [0.05, 0.1) is 11.6 Å². The van der Waals surface area contributed by atoms with Crippen molar-refractivity contribution in [1.29, 1.82) is 5.26 Å². The normalized spacial score (nSPS) is 10.0. The molecule has 0 radical (unpaired) electrons. The van der Waals surface area contributed by atoms with Crippen molar-refractivity contribution in [3.63, 3.8) is 0 Å². The predicted octanol–water partition coefficient (Wildman–Crippen LogP) is 1.72. The highest BCUT2D eigenvalue weighted by Crippen LogP contribution is 2.30. The first kappa shape index (κ1) is 10.5. The molecule has 0 atom stereocenters. The molecule has 5 nitrogen and oxygen atoms in total. The molecule has 80 valence electrons. The van der Waals surface area contributed by atoms with Crippen molar-refractivity contribution in [2.24, 2.45) is 0 Å². The molecule has 0 aliphatic rings. The number of nitrogens with one attached hydrogen (secondary N) is 1. The summed E-state index contributed by atoms with van der Waals surface area (Å²) in [5.74, 6) is 0.748. The number of aromatic amines is 1. The highest BCUT2D eigenvalue weighted by molar-refractivity contribution is 7.99. The second-order valence-electron chi connectivity index (χ2n) is 3.17. The molecule has 1 aromatic heterocycles. The number of nitrogen functional groups attached to an aromatic ring is 1. The van der Waals surface area contributed by atoms with Crippen LogP contribution >= 0.6 is 11.8 Å². The minimum Gasteiger partial charge on any atom is -0.398 e. The van der Waals surface area contributed by atoms with Gasteiger partial charge >= 0.3 is 0 Å². The average Bonchev–Trinajstić information content (AvgIpc) is 2.67. The van der Waals surface area contributed by atoms with Gasteiger partial charge in [0, 0.05) is 10.6 Å². The number of anilines is 1. The van der Waals surface area contributed by atoms with Gasteiger partial charge in [-0.2, -0.15) is 5.26 Å². The van der Waals surface area contributed by atoms with E-state index >= 15 is 0 Å². The van der Waals surface area contributed by atoms with E-state index in [0.717, 1.165) is 10.7 Å². The summed E-state index contributed by atoms with van der Waals surface area (Å²) in [5, 5.41) is 16.1. The lowest BCUT2D eigenvalue weighted by Crippen LogP contribution is -1.89.